The van der Waals surface area contributed by atoms with Crippen LogP contribution in [0.25, 0.3) is 10.9 Å². The van der Waals surface area contributed by atoms with Gasteiger partial charge in [0.15, 0.2) is 0 Å². The second-order valence-corrected chi connectivity index (χ2v) is 5.73. The average Bonchev–Trinajstić information content (AvgIpc) is 2.85. The van der Waals surface area contributed by atoms with Crippen molar-refractivity contribution in [2.24, 2.45) is 0 Å². The van der Waals surface area contributed by atoms with Gasteiger partial charge in [0.25, 0.3) is 0 Å². The van der Waals surface area contributed by atoms with E-state index >= 15 is 0 Å². The van der Waals surface area contributed by atoms with Gasteiger partial charge in [-0.2, -0.15) is 0 Å². The summed E-state index contributed by atoms with van der Waals surface area (Å²) < 4.78 is 2.25. The van der Waals surface area contributed by atoms with Crippen LogP contribution in [0.1, 0.15) is 18.1 Å². The fraction of sp³-hybridized carbons (Fsp3) is 0.176. The molecule has 0 saturated carbocycles. The van der Waals surface area contributed by atoms with Crippen molar-refractivity contribution < 1.29 is 0 Å². The second-order valence-electron chi connectivity index (χ2n) is 4.89. The Kier molecular flexibility index (Phi) is 3.73. The van der Waals surface area contributed by atoms with Crippen LogP contribution in [0.5, 0.6) is 0 Å². The van der Waals surface area contributed by atoms with Gasteiger partial charge in [0.1, 0.15) is 0 Å². The molecule has 0 aliphatic rings. The highest BCUT2D eigenvalue weighted by Gasteiger charge is 2.08. The summed E-state index contributed by atoms with van der Waals surface area (Å²) in [7, 11) is 0. The standard InChI is InChI=1S/C17H15Cl2N/c1-2-12-4-3-5-13-8-9-20(17(12)13)11-14-6-7-15(18)10-16(14)19/h3-10H,2,11H2,1H3. The fourth-order valence-corrected chi connectivity index (χ4v) is 3.06. The van der Waals surface area contributed by atoms with Crippen molar-refractivity contribution in [3.8, 4) is 0 Å². The van der Waals surface area contributed by atoms with E-state index in [9.17, 15) is 0 Å². The number of nitrogens with zero attached hydrogens (tertiary/aromatic N) is 1. The number of aromatic nitrogens is 1. The highest BCUT2D eigenvalue weighted by molar-refractivity contribution is 6.35. The first kappa shape index (κ1) is 13.5. The number of para-hydroxylation sites is 1. The van der Waals surface area contributed by atoms with Gasteiger partial charge in [-0.15, -0.1) is 0 Å². The molecule has 0 atom stereocenters. The molecule has 0 spiro atoms. The predicted octanol–water partition coefficient (Wildman–Crippen LogP) is 5.56. The van der Waals surface area contributed by atoms with Crippen LogP contribution in [-0.2, 0) is 13.0 Å². The Balaban J connectivity index is 2.06. The lowest BCUT2D eigenvalue weighted by atomic mass is 10.1. The van der Waals surface area contributed by atoms with Crippen LogP contribution in [0, 0.1) is 0 Å². The van der Waals surface area contributed by atoms with Gasteiger partial charge in [0.2, 0.25) is 0 Å². The maximum atomic E-state index is 6.27. The number of hydrogen-bond donors (Lipinski definition) is 0. The first-order valence-electron chi connectivity index (χ1n) is 6.69. The summed E-state index contributed by atoms with van der Waals surface area (Å²) in [6.07, 6.45) is 3.14. The zero-order valence-electron chi connectivity index (χ0n) is 11.2. The van der Waals surface area contributed by atoms with Gasteiger partial charge in [-0.25, -0.2) is 0 Å². The molecule has 20 heavy (non-hydrogen) atoms. The van der Waals surface area contributed by atoms with E-state index in [4.69, 9.17) is 23.2 Å². The molecule has 0 amide bonds. The number of hydrogen-bond acceptors (Lipinski definition) is 0. The number of halogens is 2. The second kappa shape index (κ2) is 5.51. The monoisotopic (exact) mass is 303 g/mol. The third kappa shape index (κ3) is 2.44. The van der Waals surface area contributed by atoms with Crippen molar-refractivity contribution in [1.82, 2.24) is 4.57 Å². The van der Waals surface area contributed by atoms with Gasteiger partial charge in [-0.1, -0.05) is 54.4 Å². The Morgan fingerprint density at radius 2 is 1.85 bits per heavy atom. The van der Waals surface area contributed by atoms with E-state index in [1.807, 2.05) is 12.1 Å². The molecule has 2 aromatic carbocycles. The highest BCUT2D eigenvalue weighted by atomic mass is 35.5. The van der Waals surface area contributed by atoms with E-state index in [0.717, 1.165) is 18.5 Å². The lowest BCUT2D eigenvalue weighted by Gasteiger charge is -2.10. The summed E-state index contributed by atoms with van der Waals surface area (Å²) in [5.41, 5.74) is 3.73. The number of fused-ring (bicyclic) bond motifs is 1. The van der Waals surface area contributed by atoms with Crippen molar-refractivity contribution in [2.45, 2.75) is 19.9 Å². The molecular weight excluding hydrogens is 289 g/mol. The molecule has 3 aromatic rings. The number of rotatable bonds is 3. The van der Waals surface area contributed by atoms with Crippen LogP contribution in [0.3, 0.4) is 0 Å². The van der Waals surface area contributed by atoms with E-state index < -0.39 is 0 Å². The molecule has 0 N–H and O–H groups in total. The highest BCUT2D eigenvalue weighted by Crippen LogP contribution is 2.25. The van der Waals surface area contributed by atoms with Gasteiger partial charge < -0.3 is 4.57 Å². The summed E-state index contributed by atoms with van der Waals surface area (Å²) in [6.45, 7) is 2.94. The SMILES string of the molecule is CCc1cccc2ccn(Cc3ccc(Cl)cc3Cl)c12. The third-order valence-corrected chi connectivity index (χ3v) is 4.20. The minimum atomic E-state index is 0.672. The summed E-state index contributed by atoms with van der Waals surface area (Å²) in [5.74, 6) is 0. The van der Waals surface area contributed by atoms with Gasteiger partial charge in [0.05, 0.1) is 5.52 Å². The summed E-state index contributed by atoms with van der Waals surface area (Å²) in [5, 5.41) is 2.66. The Morgan fingerprint density at radius 1 is 1.00 bits per heavy atom. The summed E-state index contributed by atoms with van der Waals surface area (Å²) in [6, 6.07) is 14.3. The van der Waals surface area contributed by atoms with E-state index in [0.29, 0.717) is 10.0 Å². The smallest absolute Gasteiger partial charge is 0.0515 e. The molecule has 0 bridgehead atoms. The van der Waals surface area contributed by atoms with E-state index in [1.54, 1.807) is 6.07 Å². The maximum absolute atomic E-state index is 6.27. The van der Waals surface area contributed by atoms with E-state index in [-0.39, 0.29) is 0 Å². The van der Waals surface area contributed by atoms with Crippen LogP contribution < -0.4 is 0 Å². The molecule has 1 heterocycles. The number of benzene rings is 2. The van der Waals surface area contributed by atoms with Crippen molar-refractivity contribution in [2.75, 3.05) is 0 Å². The molecule has 102 valence electrons. The quantitative estimate of drug-likeness (QED) is 0.597. The summed E-state index contributed by atoms with van der Waals surface area (Å²) in [4.78, 5) is 0. The molecule has 0 unspecified atom stereocenters. The molecule has 0 aliphatic heterocycles. The zero-order valence-corrected chi connectivity index (χ0v) is 12.7. The molecule has 0 aliphatic carbocycles. The number of aryl methyl sites for hydroxylation is 1. The van der Waals surface area contributed by atoms with Gasteiger partial charge in [0, 0.05) is 22.8 Å². The average molecular weight is 304 g/mol. The molecule has 3 heteroatoms. The predicted molar refractivity (Wildman–Crippen MR) is 86.9 cm³/mol. The van der Waals surface area contributed by atoms with Crippen LogP contribution in [0.2, 0.25) is 10.0 Å². The van der Waals surface area contributed by atoms with Gasteiger partial charge in [-0.05, 0) is 41.1 Å². The van der Waals surface area contributed by atoms with Crippen LogP contribution in [0.15, 0.2) is 48.7 Å². The maximum Gasteiger partial charge on any atom is 0.0515 e. The fourth-order valence-electron chi connectivity index (χ4n) is 2.59. The van der Waals surface area contributed by atoms with Crippen molar-refractivity contribution in [1.29, 1.82) is 0 Å². The lowest BCUT2D eigenvalue weighted by molar-refractivity contribution is 0.831. The van der Waals surface area contributed by atoms with Crippen molar-refractivity contribution in [3.05, 3.63) is 69.8 Å². The molecule has 0 radical (unpaired) electrons. The zero-order chi connectivity index (χ0) is 14.1. The van der Waals surface area contributed by atoms with Crippen molar-refractivity contribution in [3.63, 3.8) is 0 Å². The van der Waals surface area contributed by atoms with E-state index in [1.165, 1.54) is 16.5 Å². The Labute approximate surface area is 128 Å². The molecule has 1 nitrogen and oxygen atoms in total. The third-order valence-electron chi connectivity index (χ3n) is 3.61. The summed E-state index contributed by atoms with van der Waals surface area (Å²) >= 11 is 12.2. The van der Waals surface area contributed by atoms with E-state index in [2.05, 4.69) is 42.0 Å². The normalized spacial score (nSPS) is 11.2. The minimum Gasteiger partial charge on any atom is -0.343 e. The van der Waals surface area contributed by atoms with Gasteiger partial charge >= 0.3 is 0 Å². The molecular formula is C17H15Cl2N. The first-order valence-corrected chi connectivity index (χ1v) is 7.45. The lowest BCUT2D eigenvalue weighted by Crippen LogP contribution is -2.00. The minimum absolute atomic E-state index is 0.672. The van der Waals surface area contributed by atoms with Gasteiger partial charge in [-0.3, -0.25) is 0 Å². The Hall–Kier alpha value is -1.44. The molecule has 3 rings (SSSR count). The molecule has 0 fully saturated rings. The van der Waals surface area contributed by atoms with Crippen LogP contribution in [0.4, 0.5) is 0 Å². The molecule has 0 saturated heterocycles. The first-order chi connectivity index (χ1) is 9.69. The largest absolute Gasteiger partial charge is 0.343 e. The van der Waals surface area contributed by atoms with Crippen LogP contribution >= 0.6 is 23.2 Å². The Morgan fingerprint density at radius 3 is 2.60 bits per heavy atom. The Bertz CT molecular complexity index is 759. The van der Waals surface area contributed by atoms with Crippen LogP contribution in [-0.4, -0.2) is 4.57 Å². The topological polar surface area (TPSA) is 4.93 Å². The molecule has 1 aromatic heterocycles. The van der Waals surface area contributed by atoms with Crippen molar-refractivity contribution >= 4 is 34.1 Å².